The molecule has 0 aliphatic carbocycles. The summed E-state index contributed by atoms with van der Waals surface area (Å²) in [4.78, 5) is 38.9. The van der Waals surface area contributed by atoms with E-state index in [4.69, 9.17) is 4.74 Å². The molecule has 28 heavy (non-hydrogen) atoms. The van der Waals surface area contributed by atoms with Gasteiger partial charge < -0.3 is 15.0 Å². The quantitative estimate of drug-likeness (QED) is 0.838. The van der Waals surface area contributed by atoms with Crippen LogP contribution in [0.4, 0.5) is 11.5 Å². The zero-order valence-corrected chi connectivity index (χ0v) is 16.5. The highest BCUT2D eigenvalue weighted by molar-refractivity contribution is 5.93. The maximum absolute atomic E-state index is 12.7. The van der Waals surface area contributed by atoms with E-state index in [-0.39, 0.29) is 23.1 Å². The third-order valence-electron chi connectivity index (χ3n) is 5.05. The molecule has 1 saturated heterocycles. The van der Waals surface area contributed by atoms with Gasteiger partial charge in [0, 0.05) is 38.9 Å². The molecular weight excluding hydrogens is 360 g/mol. The Morgan fingerprint density at radius 3 is 2.57 bits per heavy atom. The SMILES string of the molecule is CCOc1ccc(NC(=O)[C@H]2CCCN(c3cc(=O)n(C)c(=O)n3C)C2)cc1. The van der Waals surface area contributed by atoms with Gasteiger partial charge in [-0.3, -0.25) is 18.7 Å². The van der Waals surface area contributed by atoms with E-state index in [1.807, 2.05) is 36.1 Å². The summed E-state index contributed by atoms with van der Waals surface area (Å²) in [6, 6.07) is 8.72. The van der Waals surface area contributed by atoms with Crippen LogP contribution in [0.1, 0.15) is 19.8 Å². The Bertz CT molecular complexity index is 962. The standard InChI is InChI=1S/C20H26N4O4/c1-4-28-16-9-7-15(8-10-16)21-19(26)14-6-5-11-24(13-14)17-12-18(25)23(3)20(27)22(17)2/h7-10,12,14H,4-6,11,13H2,1-3H3,(H,21,26)/t14-/m0/s1. The van der Waals surface area contributed by atoms with Gasteiger partial charge in [-0.25, -0.2) is 4.79 Å². The number of hydrogen-bond donors (Lipinski definition) is 1. The molecule has 150 valence electrons. The number of rotatable bonds is 5. The summed E-state index contributed by atoms with van der Waals surface area (Å²) in [5.74, 6) is 1.02. The first-order valence-electron chi connectivity index (χ1n) is 9.46. The highest BCUT2D eigenvalue weighted by Gasteiger charge is 2.27. The lowest BCUT2D eigenvalue weighted by molar-refractivity contribution is -0.120. The molecule has 2 heterocycles. The normalized spacial score (nSPS) is 16.7. The lowest BCUT2D eigenvalue weighted by Gasteiger charge is -2.34. The van der Waals surface area contributed by atoms with Crippen molar-refractivity contribution in [3.05, 3.63) is 51.2 Å². The van der Waals surface area contributed by atoms with Crippen LogP contribution in [0.2, 0.25) is 0 Å². The fraction of sp³-hybridized carbons (Fsp3) is 0.450. The number of amides is 1. The summed E-state index contributed by atoms with van der Waals surface area (Å²) in [6.07, 6.45) is 1.57. The Hall–Kier alpha value is -3.03. The molecule has 0 saturated carbocycles. The van der Waals surface area contributed by atoms with Gasteiger partial charge in [0.15, 0.2) is 0 Å². The first-order chi connectivity index (χ1) is 13.4. The zero-order valence-electron chi connectivity index (χ0n) is 16.5. The Morgan fingerprint density at radius 2 is 1.89 bits per heavy atom. The molecule has 0 spiro atoms. The molecule has 0 bridgehead atoms. The van der Waals surface area contributed by atoms with Gasteiger partial charge in [0.1, 0.15) is 11.6 Å². The van der Waals surface area contributed by atoms with Crippen molar-refractivity contribution < 1.29 is 9.53 Å². The summed E-state index contributed by atoms with van der Waals surface area (Å²) in [5, 5.41) is 2.94. The molecule has 1 fully saturated rings. The minimum atomic E-state index is -0.372. The summed E-state index contributed by atoms with van der Waals surface area (Å²) in [6.45, 7) is 3.67. The molecule has 1 aromatic carbocycles. The van der Waals surface area contributed by atoms with Crippen molar-refractivity contribution in [1.82, 2.24) is 9.13 Å². The number of piperidine rings is 1. The molecule has 0 radical (unpaired) electrons. The van der Waals surface area contributed by atoms with Crippen LogP contribution in [-0.4, -0.2) is 34.7 Å². The fourth-order valence-electron chi connectivity index (χ4n) is 3.47. The molecule has 1 aliphatic rings. The van der Waals surface area contributed by atoms with E-state index in [2.05, 4.69) is 5.32 Å². The number of carbonyl (C=O) groups is 1. The van der Waals surface area contributed by atoms with Gasteiger partial charge in [0.25, 0.3) is 5.56 Å². The molecule has 1 aliphatic heterocycles. The second kappa shape index (κ2) is 8.33. The van der Waals surface area contributed by atoms with E-state index < -0.39 is 0 Å². The van der Waals surface area contributed by atoms with Crippen LogP contribution in [0.25, 0.3) is 0 Å². The summed E-state index contributed by atoms with van der Waals surface area (Å²) < 4.78 is 7.94. The van der Waals surface area contributed by atoms with Gasteiger partial charge in [-0.05, 0) is 44.0 Å². The van der Waals surface area contributed by atoms with Crippen LogP contribution >= 0.6 is 0 Å². The van der Waals surface area contributed by atoms with Crippen LogP contribution < -0.4 is 26.2 Å². The number of benzene rings is 1. The number of nitrogens with one attached hydrogen (secondary N) is 1. The van der Waals surface area contributed by atoms with E-state index in [1.54, 1.807) is 7.05 Å². The maximum atomic E-state index is 12.7. The largest absolute Gasteiger partial charge is 0.494 e. The minimum Gasteiger partial charge on any atom is -0.494 e. The van der Waals surface area contributed by atoms with E-state index in [1.165, 1.54) is 17.7 Å². The summed E-state index contributed by atoms with van der Waals surface area (Å²) >= 11 is 0. The highest BCUT2D eigenvalue weighted by atomic mass is 16.5. The Labute approximate surface area is 163 Å². The topological polar surface area (TPSA) is 85.6 Å². The summed E-state index contributed by atoms with van der Waals surface area (Å²) in [5.41, 5.74) is -0.00548. The Balaban J connectivity index is 1.72. The van der Waals surface area contributed by atoms with Crippen molar-refractivity contribution in [2.24, 2.45) is 20.0 Å². The van der Waals surface area contributed by atoms with E-state index in [0.29, 0.717) is 31.2 Å². The lowest BCUT2D eigenvalue weighted by atomic mass is 9.97. The van der Waals surface area contributed by atoms with Crippen molar-refractivity contribution in [2.45, 2.75) is 19.8 Å². The van der Waals surface area contributed by atoms with Crippen LogP contribution in [0.5, 0.6) is 5.75 Å². The lowest BCUT2D eigenvalue weighted by Crippen LogP contribution is -2.45. The van der Waals surface area contributed by atoms with Crippen molar-refractivity contribution in [3.63, 3.8) is 0 Å². The van der Waals surface area contributed by atoms with E-state index in [0.717, 1.165) is 23.2 Å². The molecule has 3 rings (SSSR count). The Kier molecular flexibility index (Phi) is 5.87. The van der Waals surface area contributed by atoms with Crippen molar-refractivity contribution in [1.29, 1.82) is 0 Å². The first-order valence-corrected chi connectivity index (χ1v) is 9.46. The molecule has 1 amide bonds. The second-order valence-corrected chi connectivity index (χ2v) is 6.97. The molecule has 8 nitrogen and oxygen atoms in total. The smallest absolute Gasteiger partial charge is 0.332 e. The highest BCUT2D eigenvalue weighted by Crippen LogP contribution is 2.23. The average molecular weight is 386 g/mol. The molecule has 1 N–H and O–H groups in total. The van der Waals surface area contributed by atoms with Crippen LogP contribution in [0.15, 0.2) is 39.9 Å². The number of aromatic nitrogens is 2. The molecule has 1 aromatic heterocycles. The van der Waals surface area contributed by atoms with Gasteiger partial charge in [-0.15, -0.1) is 0 Å². The third-order valence-corrected chi connectivity index (χ3v) is 5.05. The molecule has 1 atom stereocenters. The van der Waals surface area contributed by atoms with Crippen LogP contribution in [0, 0.1) is 5.92 Å². The number of hydrogen-bond acceptors (Lipinski definition) is 5. The maximum Gasteiger partial charge on any atom is 0.332 e. The molecule has 0 unspecified atom stereocenters. The number of nitrogens with zero attached hydrogens (tertiary/aromatic N) is 3. The average Bonchev–Trinajstić information content (AvgIpc) is 2.71. The zero-order chi connectivity index (χ0) is 20.3. The molecule has 8 heteroatoms. The van der Waals surface area contributed by atoms with Gasteiger partial charge in [0.05, 0.1) is 12.5 Å². The minimum absolute atomic E-state index is 0.0670. The number of anilines is 2. The van der Waals surface area contributed by atoms with Gasteiger partial charge in [-0.1, -0.05) is 0 Å². The second-order valence-electron chi connectivity index (χ2n) is 6.97. The van der Waals surface area contributed by atoms with Crippen LogP contribution in [0.3, 0.4) is 0 Å². The third kappa shape index (κ3) is 4.11. The van der Waals surface area contributed by atoms with Gasteiger partial charge >= 0.3 is 5.69 Å². The van der Waals surface area contributed by atoms with Crippen molar-refractivity contribution in [3.8, 4) is 5.75 Å². The number of ether oxygens (including phenoxy) is 1. The van der Waals surface area contributed by atoms with Gasteiger partial charge in [0.2, 0.25) is 5.91 Å². The fourth-order valence-corrected chi connectivity index (χ4v) is 3.47. The van der Waals surface area contributed by atoms with Crippen molar-refractivity contribution in [2.75, 3.05) is 29.9 Å². The van der Waals surface area contributed by atoms with E-state index in [9.17, 15) is 14.4 Å². The predicted molar refractivity (Wildman–Crippen MR) is 108 cm³/mol. The Morgan fingerprint density at radius 1 is 1.18 bits per heavy atom. The monoisotopic (exact) mass is 386 g/mol. The molecule has 2 aromatic rings. The number of carbonyl (C=O) groups excluding carboxylic acids is 1. The van der Waals surface area contributed by atoms with Gasteiger partial charge in [-0.2, -0.15) is 0 Å². The van der Waals surface area contributed by atoms with Crippen LogP contribution in [-0.2, 0) is 18.9 Å². The van der Waals surface area contributed by atoms with E-state index >= 15 is 0 Å². The molecular formula is C20H26N4O4. The van der Waals surface area contributed by atoms with Crippen molar-refractivity contribution >= 4 is 17.4 Å². The summed E-state index contributed by atoms with van der Waals surface area (Å²) in [7, 11) is 3.10. The first kappa shape index (κ1) is 19.7. The predicted octanol–water partition coefficient (Wildman–Crippen LogP) is 1.34.